The molecule has 1 aliphatic heterocycles. The van der Waals surface area contributed by atoms with Crippen molar-refractivity contribution in [3.05, 3.63) is 53.9 Å². The minimum absolute atomic E-state index is 0.111. The van der Waals surface area contributed by atoms with Crippen LogP contribution in [-0.2, 0) is 0 Å². The number of pyridine rings is 1. The number of hydrogen-bond acceptors (Lipinski definition) is 4. The van der Waals surface area contributed by atoms with Crippen LogP contribution >= 0.6 is 0 Å². The van der Waals surface area contributed by atoms with E-state index in [9.17, 15) is 9.90 Å². The normalized spacial score (nSPS) is 16.9. The third kappa shape index (κ3) is 2.30. The van der Waals surface area contributed by atoms with Crippen molar-refractivity contribution < 1.29 is 14.6 Å². The van der Waals surface area contributed by atoms with Gasteiger partial charge in [-0.1, -0.05) is 18.2 Å². The number of rotatable bonds is 2. The van der Waals surface area contributed by atoms with E-state index in [2.05, 4.69) is 10.3 Å². The average Bonchev–Trinajstić information content (AvgIpc) is 2.48. The molecule has 0 bridgehead atoms. The van der Waals surface area contributed by atoms with Gasteiger partial charge in [0.05, 0.1) is 24.4 Å². The van der Waals surface area contributed by atoms with Crippen LogP contribution in [0.1, 0.15) is 28.4 Å². The van der Waals surface area contributed by atoms with Crippen molar-refractivity contribution in [1.82, 2.24) is 10.3 Å². The van der Waals surface area contributed by atoms with Crippen molar-refractivity contribution in [2.45, 2.75) is 12.5 Å². The van der Waals surface area contributed by atoms with Gasteiger partial charge in [0.25, 0.3) is 5.91 Å². The molecule has 1 atom stereocenters. The van der Waals surface area contributed by atoms with E-state index in [1.54, 1.807) is 0 Å². The molecule has 0 radical (unpaired) electrons. The Morgan fingerprint density at radius 1 is 1.35 bits per heavy atom. The van der Waals surface area contributed by atoms with Crippen LogP contribution in [0.5, 0.6) is 11.5 Å². The lowest BCUT2D eigenvalue weighted by molar-refractivity contribution is 0.0922. The second-order valence-electron chi connectivity index (χ2n) is 4.59. The summed E-state index contributed by atoms with van der Waals surface area (Å²) in [5.41, 5.74) is 1.18. The molecule has 20 heavy (non-hydrogen) atoms. The third-order valence-corrected chi connectivity index (χ3v) is 3.31. The molecular weight excluding hydrogens is 256 g/mol. The van der Waals surface area contributed by atoms with Crippen LogP contribution in [0.25, 0.3) is 0 Å². The van der Waals surface area contributed by atoms with E-state index in [0.29, 0.717) is 13.0 Å². The van der Waals surface area contributed by atoms with E-state index in [1.807, 2.05) is 24.3 Å². The number of carbonyl (C=O) groups excluding carboxylic acids is 1. The predicted molar refractivity (Wildman–Crippen MR) is 72.7 cm³/mol. The Kier molecular flexibility index (Phi) is 3.25. The zero-order chi connectivity index (χ0) is 13.9. The second kappa shape index (κ2) is 5.21. The average molecular weight is 270 g/mol. The highest BCUT2D eigenvalue weighted by Gasteiger charge is 2.23. The number of nitrogens with one attached hydrogen (secondary N) is 1. The fraction of sp³-hybridized carbons (Fsp3) is 0.200. The highest BCUT2D eigenvalue weighted by atomic mass is 16.5. The fourth-order valence-corrected chi connectivity index (χ4v) is 2.31. The van der Waals surface area contributed by atoms with Gasteiger partial charge in [0.2, 0.25) is 0 Å². The van der Waals surface area contributed by atoms with Gasteiger partial charge >= 0.3 is 0 Å². The Morgan fingerprint density at radius 2 is 2.20 bits per heavy atom. The van der Waals surface area contributed by atoms with Gasteiger partial charge in [0, 0.05) is 18.2 Å². The lowest BCUT2D eigenvalue weighted by Crippen LogP contribution is -2.32. The lowest BCUT2D eigenvalue weighted by Gasteiger charge is -2.26. The van der Waals surface area contributed by atoms with Gasteiger partial charge in [-0.3, -0.25) is 9.78 Å². The summed E-state index contributed by atoms with van der Waals surface area (Å²) in [6.07, 6.45) is 3.44. The largest absolute Gasteiger partial charge is 0.505 e. The van der Waals surface area contributed by atoms with E-state index in [0.717, 1.165) is 11.3 Å². The lowest BCUT2D eigenvalue weighted by atomic mass is 10.00. The number of amides is 1. The zero-order valence-electron chi connectivity index (χ0n) is 10.7. The van der Waals surface area contributed by atoms with E-state index in [4.69, 9.17) is 4.74 Å². The summed E-state index contributed by atoms with van der Waals surface area (Å²) in [7, 11) is 0. The van der Waals surface area contributed by atoms with Crippen molar-refractivity contribution in [3.8, 4) is 11.5 Å². The van der Waals surface area contributed by atoms with E-state index in [-0.39, 0.29) is 23.3 Å². The number of nitrogens with zero attached hydrogens (tertiary/aromatic N) is 1. The fourth-order valence-electron chi connectivity index (χ4n) is 2.31. The minimum Gasteiger partial charge on any atom is -0.505 e. The molecule has 2 heterocycles. The molecule has 1 aliphatic rings. The maximum absolute atomic E-state index is 12.2. The highest BCUT2D eigenvalue weighted by Crippen LogP contribution is 2.31. The minimum atomic E-state index is -0.313. The van der Waals surface area contributed by atoms with E-state index >= 15 is 0 Å². The number of benzene rings is 1. The molecular formula is C15H14N2O3. The molecule has 2 N–H and O–H groups in total. The molecule has 0 fully saturated rings. The first-order chi connectivity index (χ1) is 9.75. The van der Waals surface area contributed by atoms with Crippen molar-refractivity contribution in [2.75, 3.05) is 6.61 Å². The smallest absolute Gasteiger partial charge is 0.255 e. The van der Waals surface area contributed by atoms with Crippen molar-refractivity contribution in [1.29, 1.82) is 0 Å². The van der Waals surface area contributed by atoms with Gasteiger partial charge in [-0.25, -0.2) is 0 Å². The van der Waals surface area contributed by atoms with Crippen molar-refractivity contribution >= 4 is 5.91 Å². The summed E-state index contributed by atoms with van der Waals surface area (Å²) < 4.78 is 5.55. The maximum Gasteiger partial charge on any atom is 0.255 e. The van der Waals surface area contributed by atoms with Gasteiger partial charge in [-0.05, 0) is 12.1 Å². The number of para-hydroxylation sites is 1. The van der Waals surface area contributed by atoms with Crippen molar-refractivity contribution in [3.63, 3.8) is 0 Å². The first kappa shape index (κ1) is 12.5. The van der Waals surface area contributed by atoms with Gasteiger partial charge in [0.1, 0.15) is 11.5 Å². The number of hydrogen-bond donors (Lipinski definition) is 2. The molecule has 1 aromatic carbocycles. The molecule has 0 saturated heterocycles. The van der Waals surface area contributed by atoms with Crippen LogP contribution in [0.3, 0.4) is 0 Å². The number of fused-ring (bicyclic) bond motifs is 1. The number of aromatic hydroxyl groups is 1. The molecule has 102 valence electrons. The second-order valence-corrected chi connectivity index (χ2v) is 4.59. The van der Waals surface area contributed by atoms with Gasteiger partial charge in [0.15, 0.2) is 0 Å². The van der Waals surface area contributed by atoms with Gasteiger partial charge < -0.3 is 15.2 Å². The molecule has 0 saturated carbocycles. The number of ether oxygens (including phenoxy) is 1. The topological polar surface area (TPSA) is 71.5 Å². The molecule has 5 nitrogen and oxygen atoms in total. The standard InChI is InChI=1S/C15H14N2O3/c18-13-9-16-7-5-11(13)15(19)17-12-6-8-20-14-4-2-1-3-10(12)14/h1-5,7,9,12,18H,6,8H2,(H,17,19). The molecule has 0 aliphatic carbocycles. The zero-order valence-corrected chi connectivity index (χ0v) is 10.7. The quantitative estimate of drug-likeness (QED) is 0.876. The Hall–Kier alpha value is -2.56. The van der Waals surface area contributed by atoms with Crippen LogP contribution in [0.2, 0.25) is 0 Å². The van der Waals surface area contributed by atoms with Crippen LogP contribution in [0.15, 0.2) is 42.7 Å². The molecule has 3 rings (SSSR count). The maximum atomic E-state index is 12.2. The predicted octanol–water partition coefficient (Wildman–Crippen LogP) is 2.04. The Bertz CT molecular complexity index is 643. The van der Waals surface area contributed by atoms with Gasteiger partial charge in [-0.15, -0.1) is 0 Å². The Balaban J connectivity index is 1.83. The van der Waals surface area contributed by atoms with Crippen LogP contribution in [0.4, 0.5) is 0 Å². The summed E-state index contributed by atoms with van der Waals surface area (Å²) in [5.74, 6) is 0.361. The summed E-state index contributed by atoms with van der Waals surface area (Å²) in [6, 6.07) is 9.02. The SMILES string of the molecule is O=C(NC1CCOc2ccccc21)c1ccncc1O. The third-order valence-electron chi connectivity index (χ3n) is 3.31. The van der Waals surface area contributed by atoms with Crippen molar-refractivity contribution in [2.24, 2.45) is 0 Å². The Morgan fingerprint density at radius 3 is 3.05 bits per heavy atom. The summed E-state index contributed by atoms with van der Waals surface area (Å²) in [4.78, 5) is 16.0. The van der Waals surface area contributed by atoms with Gasteiger partial charge in [-0.2, -0.15) is 0 Å². The summed E-state index contributed by atoms with van der Waals surface area (Å²) in [6.45, 7) is 0.560. The molecule has 1 amide bonds. The van der Waals surface area contributed by atoms with E-state index in [1.165, 1.54) is 18.5 Å². The number of carbonyl (C=O) groups is 1. The van der Waals surface area contributed by atoms with Crippen LogP contribution in [-0.4, -0.2) is 22.6 Å². The summed E-state index contributed by atoms with van der Waals surface area (Å²) >= 11 is 0. The van der Waals surface area contributed by atoms with Crippen LogP contribution < -0.4 is 10.1 Å². The molecule has 1 aromatic heterocycles. The summed E-state index contributed by atoms with van der Waals surface area (Å²) in [5, 5.41) is 12.6. The number of aromatic nitrogens is 1. The first-order valence-corrected chi connectivity index (χ1v) is 6.41. The van der Waals surface area contributed by atoms with E-state index < -0.39 is 0 Å². The van der Waals surface area contributed by atoms with Crippen LogP contribution in [0, 0.1) is 0 Å². The first-order valence-electron chi connectivity index (χ1n) is 6.41. The monoisotopic (exact) mass is 270 g/mol. The molecule has 2 aromatic rings. The molecule has 0 spiro atoms. The molecule has 5 heteroatoms. The molecule has 1 unspecified atom stereocenters. The highest BCUT2D eigenvalue weighted by molar-refractivity contribution is 5.96. The Labute approximate surface area is 116 Å².